The number of pyridine rings is 1. The second-order valence-corrected chi connectivity index (χ2v) is 5.28. The molecule has 19 heavy (non-hydrogen) atoms. The van der Waals surface area contributed by atoms with Crippen LogP contribution in [0.25, 0.3) is 0 Å². The predicted molar refractivity (Wildman–Crippen MR) is 78.2 cm³/mol. The summed E-state index contributed by atoms with van der Waals surface area (Å²) in [7, 11) is 0. The molecule has 0 spiro atoms. The first-order valence-electron chi connectivity index (χ1n) is 5.97. The third-order valence-electron chi connectivity index (χ3n) is 3.21. The van der Waals surface area contributed by atoms with Crippen molar-refractivity contribution in [2.24, 2.45) is 0 Å². The third kappa shape index (κ3) is 2.10. The molecule has 1 aromatic heterocycles. The molecule has 2 heterocycles. The maximum Gasteiger partial charge on any atom is 0.278 e. The summed E-state index contributed by atoms with van der Waals surface area (Å²) >= 11 is 3.36. The highest BCUT2D eigenvalue weighted by Crippen LogP contribution is 2.31. The van der Waals surface area contributed by atoms with Crippen LogP contribution in [0.2, 0.25) is 0 Å². The van der Waals surface area contributed by atoms with Crippen LogP contribution in [0, 0.1) is 0 Å². The molecule has 2 N–H and O–H groups in total. The summed E-state index contributed by atoms with van der Waals surface area (Å²) in [5.74, 6) is -0.100. The Bertz CT molecular complexity index is 657. The van der Waals surface area contributed by atoms with Crippen molar-refractivity contribution < 1.29 is 4.79 Å². The quantitative estimate of drug-likeness (QED) is 0.822. The lowest BCUT2D eigenvalue weighted by Crippen LogP contribution is -2.30. The van der Waals surface area contributed by atoms with Crippen LogP contribution < -0.4 is 10.6 Å². The van der Waals surface area contributed by atoms with Gasteiger partial charge in [0, 0.05) is 28.6 Å². The summed E-state index contributed by atoms with van der Waals surface area (Å²) < 4.78 is 0.706. The maximum absolute atomic E-state index is 12.5. The van der Waals surface area contributed by atoms with Gasteiger partial charge >= 0.3 is 0 Å². The van der Waals surface area contributed by atoms with Crippen molar-refractivity contribution >= 4 is 33.2 Å². The number of anilines is 2. The summed E-state index contributed by atoms with van der Waals surface area (Å²) in [5, 5.41) is 0. The molecular weight excluding hydrogens is 306 g/mol. The average Bonchev–Trinajstić information content (AvgIpc) is 2.81. The lowest BCUT2D eigenvalue weighted by molar-refractivity contribution is 0.0984. The molecule has 96 valence electrons. The monoisotopic (exact) mass is 317 g/mol. The number of hydrogen-bond acceptors (Lipinski definition) is 3. The Morgan fingerprint density at radius 3 is 3.00 bits per heavy atom. The number of nitrogen functional groups attached to an aromatic ring is 1. The molecule has 1 aliphatic rings. The molecule has 4 nitrogen and oxygen atoms in total. The number of nitrogens with zero attached hydrogens (tertiary/aromatic N) is 2. The fraction of sp³-hybridized carbons (Fsp3) is 0.143. The molecule has 2 aromatic rings. The Hall–Kier alpha value is -1.88. The summed E-state index contributed by atoms with van der Waals surface area (Å²) in [5.41, 5.74) is 8.93. The number of amides is 1. The van der Waals surface area contributed by atoms with Crippen LogP contribution in [0.4, 0.5) is 11.4 Å². The topological polar surface area (TPSA) is 59.2 Å². The van der Waals surface area contributed by atoms with Crippen LogP contribution in [0.5, 0.6) is 0 Å². The lowest BCUT2D eigenvalue weighted by atomic mass is 10.1. The van der Waals surface area contributed by atoms with Crippen LogP contribution >= 0.6 is 15.9 Å². The van der Waals surface area contributed by atoms with Crippen LogP contribution in [-0.4, -0.2) is 17.4 Å². The minimum atomic E-state index is -0.100. The van der Waals surface area contributed by atoms with Gasteiger partial charge in [-0.3, -0.25) is 4.79 Å². The number of benzene rings is 1. The molecule has 0 aliphatic carbocycles. The Morgan fingerprint density at radius 2 is 2.21 bits per heavy atom. The fourth-order valence-corrected chi connectivity index (χ4v) is 2.70. The van der Waals surface area contributed by atoms with Gasteiger partial charge in [-0.25, -0.2) is 4.98 Å². The SMILES string of the molecule is Nc1ccc2c(c1)N(C(=O)c1ncccc1Br)CC2. The van der Waals surface area contributed by atoms with E-state index in [2.05, 4.69) is 20.9 Å². The van der Waals surface area contributed by atoms with Crippen molar-refractivity contribution in [3.8, 4) is 0 Å². The highest BCUT2D eigenvalue weighted by atomic mass is 79.9. The van der Waals surface area contributed by atoms with Crippen LogP contribution in [0.1, 0.15) is 16.1 Å². The zero-order valence-corrected chi connectivity index (χ0v) is 11.7. The van der Waals surface area contributed by atoms with Gasteiger partial charge in [0.25, 0.3) is 5.91 Å². The normalized spacial score (nSPS) is 13.4. The molecule has 0 unspecified atom stereocenters. The van der Waals surface area contributed by atoms with E-state index in [0.717, 1.165) is 17.7 Å². The number of halogens is 1. The summed E-state index contributed by atoms with van der Waals surface area (Å²) in [6, 6.07) is 9.29. The Labute approximate surface area is 119 Å². The van der Waals surface area contributed by atoms with Crippen LogP contribution in [0.3, 0.4) is 0 Å². The standard InChI is InChI=1S/C14H12BrN3O/c15-11-2-1-6-17-13(11)14(19)18-7-5-9-3-4-10(16)8-12(9)18/h1-4,6,8H,5,7,16H2. The van der Waals surface area contributed by atoms with Crippen molar-refractivity contribution in [3.63, 3.8) is 0 Å². The van der Waals surface area contributed by atoms with Crippen LogP contribution in [-0.2, 0) is 6.42 Å². The molecule has 1 aliphatic heterocycles. The lowest BCUT2D eigenvalue weighted by Gasteiger charge is -2.17. The first-order valence-corrected chi connectivity index (χ1v) is 6.77. The molecule has 0 saturated heterocycles. The first kappa shape index (κ1) is 12.2. The number of hydrogen-bond donors (Lipinski definition) is 1. The minimum absolute atomic E-state index is 0.100. The van der Waals surface area contributed by atoms with Gasteiger partial charge in [0.05, 0.1) is 0 Å². The van der Waals surface area contributed by atoms with Crippen molar-refractivity contribution in [3.05, 3.63) is 52.3 Å². The van der Waals surface area contributed by atoms with Gasteiger partial charge in [0.1, 0.15) is 5.69 Å². The highest BCUT2D eigenvalue weighted by molar-refractivity contribution is 9.10. The Balaban J connectivity index is 2.00. The van der Waals surface area contributed by atoms with E-state index in [-0.39, 0.29) is 5.91 Å². The molecule has 0 saturated carbocycles. The molecule has 5 heteroatoms. The van der Waals surface area contributed by atoms with E-state index in [9.17, 15) is 4.79 Å². The van der Waals surface area contributed by atoms with E-state index in [1.807, 2.05) is 24.3 Å². The summed E-state index contributed by atoms with van der Waals surface area (Å²) in [4.78, 5) is 18.4. The first-order chi connectivity index (χ1) is 9.16. The van der Waals surface area contributed by atoms with Gasteiger partial charge < -0.3 is 10.6 Å². The molecule has 0 bridgehead atoms. The van der Waals surface area contributed by atoms with Gasteiger partial charge in [-0.2, -0.15) is 0 Å². The molecule has 1 aromatic carbocycles. The van der Waals surface area contributed by atoms with E-state index < -0.39 is 0 Å². The highest BCUT2D eigenvalue weighted by Gasteiger charge is 2.27. The van der Waals surface area contributed by atoms with Gasteiger partial charge in [0.15, 0.2) is 0 Å². The van der Waals surface area contributed by atoms with Gasteiger partial charge in [0.2, 0.25) is 0 Å². The largest absolute Gasteiger partial charge is 0.399 e. The van der Waals surface area contributed by atoms with Gasteiger partial charge in [-0.05, 0) is 52.2 Å². The molecule has 1 amide bonds. The van der Waals surface area contributed by atoms with E-state index in [1.165, 1.54) is 0 Å². The zero-order chi connectivity index (χ0) is 13.4. The number of nitrogens with two attached hydrogens (primary N) is 1. The summed E-state index contributed by atoms with van der Waals surface area (Å²) in [6.45, 7) is 0.667. The molecular formula is C14H12BrN3O. The average molecular weight is 318 g/mol. The second-order valence-electron chi connectivity index (χ2n) is 4.43. The van der Waals surface area contributed by atoms with Gasteiger partial charge in [-0.1, -0.05) is 6.07 Å². The van der Waals surface area contributed by atoms with E-state index in [4.69, 9.17) is 5.73 Å². The van der Waals surface area contributed by atoms with E-state index >= 15 is 0 Å². The summed E-state index contributed by atoms with van der Waals surface area (Å²) in [6.07, 6.45) is 2.47. The van der Waals surface area contributed by atoms with E-state index in [1.54, 1.807) is 17.2 Å². The molecule has 3 rings (SSSR count). The number of aromatic nitrogens is 1. The number of carbonyl (C=O) groups is 1. The van der Waals surface area contributed by atoms with Crippen molar-refractivity contribution in [1.82, 2.24) is 4.98 Å². The number of rotatable bonds is 1. The third-order valence-corrected chi connectivity index (χ3v) is 3.85. The number of fused-ring (bicyclic) bond motifs is 1. The second kappa shape index (κ2) is 4.66. The number of carbonyl (C=O) groups excluding carboxylic acids is 1. The van der Waals surface area contributed by atoms with Crippen molar-refractivity contribution in [1.29, 1.82) is 0 Å². The smallest absolute Gasteiger partial charge is 0.278 e. The molecule has 0 fully saturated rings. The van der Waals surface area contributed by atoms with E-state index in [0.29, 0.717) is 22.4 Å². The van der Waals surface area contributed by atoms with Crippen molar-refractivity contribution in [2.45, 2.75) is 6.42 Å². The predicted octanol–water partition coefficient (Wildman–Crippen LogP) is 2.63. The zero-order valence-electron chi connectivity index (χ0n) is 10.1. The van der Waals surface area contributed by atoms with Crippen molar-refractivity contribution in [2.75, 3.05) is 17.2 Å². The van der Waals surface area contributed by atoms with Crippen LogP contribution in [0.15, 0.2) is 41.0 Å². The minimum Gasteiger partial charge on any atom is -0.399 e. The fourth-order valence-electron chi connectivity index (χ4n) is 2.28. The Morgan fingerprint density at radius 1 is 1.37 bits per heavy atom. The molecule has 0 atom stereocenters. The Kier molecular flexibility index (Phi) is 2.98. The maximum atomic E-state index is 12.5. The van der Waals surface area contributed by atoms with Gasteiger partial charge in [-0.15, -0.1) is 0 Å². The molecule has 0 radical (unpaired) electrons.